The quantitative estimate of drug-likeness (QED) is 0.419. The minimum absolute atomic E-state index is 0. The SMILES string of the molecule is CN=C(NCC1CCN(c2ccccc2)C1)N1CCC2(CCOC2)C1.I. The molecule has 1 aromatic rings. The lowest BCUT2D eigenvalue weighted by Gasteiger charge is -2.26. The molecule has 2 unspecified atom stereocenters. The second-order valence-electron chi connectivity index (χ2n) is 7.84. The number of nitrogens with one attached hydrogen (secondary N) is 1. The molecule has 3 aliphatic rings. The Bertz CT molecular complexity index is 603. The third-order valence-corrected chi connectivity index (χ3v) is 6.09. The van der Waals surface area contributed by atoms with E-state index >= 15 is 0 Å². The summed E-state index contributed by atoms with van der Waals surface area (Å²) in [6.07, 6.45) is 3.69. The maximum atomic E-state index is 5.65. The van der Waals surface area contributed by atoms with Crippen LogP contribution in [0.25, 0.3) is 0 Å². The fraction of sp³-hybridized carbons (Fsp3) is 0.650. The number of rotatable bonds is 3. The van der Waals surface area contributed by atoms with Crippen LogP contribution >= 0.6 is 24.0 Å². The average molecular weight is 470 g/mol. The molecule has 0 radical (unpaired) electrons. The third-order valence-electron chi connectivity index (χ3n) is 6.09. The average Bonchev–Trinajstić information content (AvgIpc) is 3.39. The molecule has 5 nitrogen and oxygen atoms in total. The van der Waals surface area contributed by atoms with E-state index in [1.807, 2.05) is 7.05 Å². The molecule has 4 rings (SSSR count). The summed E-state index contributed by atoms with van der Waals surface area (Å²) in [5, 5.41) is 3.64. The largest absolute Gasteiger partial charge is 0.381 e. The number of aliphatic imine (C=N–C) groups is 1. The van der Waals surface area contributed by atoms with E-state index in [4.69, 9.17) is 4.74 Å². The van der Waals surface area contributed by atoms with Crippen LogP contribution in [0.2, 0.25) is 0 Å². The normalized spacial score (nSPS) is 28.7. The predicted octanol–water partition coefficient (Wildman–Crippen LogP) is 2.82. The minimum Gasteiger partial charge on any atom is -0.381 e. The van der Waals surface area contributed by atoms with Crippen LogP contribution in [-0.2, 0) is 4.74 Å². The van der Waals surface area contributed by atoms with Gasteiger partial charge in [-0.1, -0.05) is 18.2 Å². The minimum atomic E-state index is 0. The molecule has 26 heavy (non-hydrogen) atoms. The second kappa shape index (κ2) is 8.78. The van der Waals surface area contributed by atoms with Gasteiger partial charge in [0.1, 0.15) is 0 Å². The monoisotopic (exact) mass is 470 g/mol. The van der Waals surface area contributed by atoms with Crippen LogP contribution in [0.4, 0.5) is 5.69 Å². The van der Waals surface area contributed by atoms with E-state index in [-0.39, 0.29) is 24.0 Å². The molecule has 3 saturated heterocycles. The fourth-order valence-corrected chi connectivity index (χ4v) is 4.53. The zero-order valence-electron chi connectivity index (χ0n) is 15.7. The Morgan fingerprint density at radius 1 is 1.27 bits per heavy atom. The lowest BCUT2D eigenvalue weighted by molar-refractivity contribution is 0.156. The fourth-order valence-electron chi connectivity index (χ4n) is 4.53. The summed E-state index contributed by atoms with van der Waals surface area (Å²) in [7, 11) is 1.91. The Labute approximate surface area is 174 Å². The number of guanidine groups is 1. The van der Waals surface area contributed by atoms with Gasteiger partial charge in [-0.25, -0.2) is 0 Å². The van der Waals surface area contributed by atoms with Gasteiger partial charge in [0.2, 0.25) is 0 Å². The van der Waals surface area contributed by atoms with Crippen molar-refractivity contribution in [2.75, 3.05) is 57.9 Å². The number of hydrogen-bond acceptors (Lipinski definition) is 3. The standard InChI is InChI=1S/C20H30N4O.HI/c1-21-19(24-11-8-20(15-24)9-12-25-16-20)22-13-17-7-10-23(14-17)18-5-3-2-4-6-18;/h2-6,17H,7-16H2,1H3,(H,21,22);1H. The van der Waals surface area contributed by atoms with Crippen molar-refractivity contribution in [3.8, 4) is 0 Å². The molecule has 6 heteroatoms. The van der Waals surface area contributed by atoms with Gasteiger partial charge in [0, 0.05) is 57.5 Å². The van der Waals surface area contributed by atoms with Gasteiger partial charge in [-0.3, -0.25) is 4.99 Å². The lowest BCUT2D eigenvalue weighted by atomic mass is 9.87. The molecule has 0 saturated carbocycles. The molecule has 0 amide bonds. The van der Waals surface area contributed by atoms with Crippen LogP contribution in [0, 0.1) is 11.3 Å². The Balaban J connectivity index is 0.00000196. The van der Waals surface area contributed by atoms with E-state index in [0.717, 1.165) is 51.9 Å². The van der Waals surface area contributed by atoms with Gasteiger partial charge in [-0.2, -0.15) is 0 Å². The first kappa shape index (κ1) is 19.7. The molecule has 3 fully saturated rings. The predicted molar refractivity (Wildman–Crippen MR) is 118 cm³/mol. The van der Waals surface area contributed by atoms with E-state index in [1.165, 1.54) is 24.9 Å². The van der Waals surface area contributed by atoms with Crippen molar-refractivity contribution in [2.45, 2.75) is 19.3 Å². The van der Waals surface area contributed by atoms with Gasteiger partial charge in [0.15, 0.2) is 5.96 Å². The number of para-hydroxylation sites is 1. The van der Waals surface area contributed by atoms with Crippen molar-refractivity contribution < 1.29 is 4.74 Å². The summed E-state index contributed by atoms with van der Waals surface area (Å²) in [6.45, 7) is 7.34. The van der Waals surface area contributed by atoms with Gasteiger partial charge >= 0.3 is 0 Å². The zero-order chi connectivity index (χ0) is 17.1. The molecule has 3 aliphatic heterocycles. The Kier molecular flexibility index (Phi) is 6.66. The third kappa shape index (κ3) is 4.27. The number of ether oxygens (including phenoxy) is 1. The maximum absolute atomic E-state index is 5.65. The smallest absolute Gasteiger partial charge is 0.193 e. The van der Waals surface area contributed by atoms with Crippen LogP contribution in [-0.4, -0.2) is 63.8 Å². The van der Waals surface area contributed by atoms with Crippen LogP contribution < -0.4 is 10.2 Å². The number of benzene rings is 1. The molecule has 3 heterocycles. The lowest BCUT2D eigenvalue weighted by Crippen LogP contribution is -2.43. The topological polar surface area (TPSA) is 40.1 Å². The van der Waals surface area contributed by atoms with Crippen LogP contribution in [0.1, 0.15) is 19.3 Å². The molecule has 1 spiro atoms. The molecule has 1 aromatic carbocycles. The number of anilines is 1. The maximum Gasteiger partial charge on any atom is 0.193 e. The number of hydrogen-bond donors (Lipinski definition) is 1. The Morgan fingerprint density at radius 3 is 2.85 bits per heavy atom. The van der Waals surface area contributed by atoms with Crippen molar-refractivity contribution in [1.82, 2.24) is 10.2 Å². The molecule has 0 aromatic heterocycles. The first-order valence-corrected chi connectivity index (χ1v) is 9.61. The summed E-state index contributed by atoms with van der Waals surface area (Å²) in [6, 6.07) is 10.8. The van der Waals surface area contributed by atoms with Crippen LogP contribution in [0.15, 0.2) is 35.3 Å². The van der Waals surface area contributed by atoms with Crippen molar-refractivity contribution in [1.29, 1.82) is 0 Å². The molecule has 0 aliphatic carbocycles. The van der Waals surface area contributed by atoms with Gasteiger partial charge in [-0.15, -0.1) is 24.0 Å². The highest BCUT2D eigenvalue weighted by Crippen LogP contribution is 2.38. The van der Waals surface area contributed by atoms with Crippen molar-refractivity contribution in [2.24, 2.45) is 16.3 Å². The Morgan fingerprint density at radius 2 is 2.12 bits per heavy atom. The van der Waals surface area contributed by atoms with E-state index in [1.54, 1.807) is 0 Å². The van der Waals surface area contributed by atoms with Crippen molar-refractivity contribution in [3.05, 3.63) is 30.3 Å². The molecular weight excluding hydrogens is 439 g/mol. The number of nitrogens with zero attached hydrogens (tertiary/aromatic N) is 3. The van der Waals surface area contributed by atoms with Crippen LogP contribution in [0.5, 0.6) is 0 Å². The molecule has 0 bridgehead atoms. The van der Waals surface area contributed by atoms with Crippen LogP contribution in [0.3, 0.4) is 0 Å². The van der Waals surface area contributed by atoms with E-state index in [2.05, 4.69) is 50.4 Å². The van der Waals surface area contributed by atoms with Crippen molar-refractivity contribution in [3.63, 3.8) is 0 Å². The molecule has 144 valence electrons. The molecular formula is C20H31IN4O. The van der Waals surface area contributed by atoms with E-state index < -0.39 is 0 Å². The summed E-state index contributed by atoms with van der Waals surface area (Å²) in [5.41, 5.74) is 1.73. The molecule has 1 N–H and O–H groups in total. The Hall–Kier alpha value is -1.02. The number of halogens is 1. The van der Waals surface area contributed by atoms with E-state index in [9.17, 15) is 0 Å². The summed E-state index contributed by atoms with van der Waals surface area (Å²) in [4.78, 5) is 9.46. The highest BCUT2D eigenvalue weighted by Gasteiger charge is 2.42. The van der Waals surface area contributed by atoms with E-state index in [0.29, 0.717) is 11.3 Å². The molecule has 2 atom stereocenters. The van der Waals surface area contributed by atoms with Gasteiger partial charge in [0.25, 0.3) is 0 Å². The summed E-state index contributed by atoms with van der Waals surface area (Å²) in [5.74, 6) is 1.75. The highest BCUT2D eigenvalue weighted by molar-refractivity contribution is 14.0. The second-order valence-corrected chi connectivity index (χ2v) is 7.84. The van der Waals surface area contributed by atoms with Gasteiger partial charge < -0.3 is 19.9 Å². The van der Waals surface area contributed by atoms with Gasteiger partial charge in [0.05, 0.1) is 6.61 Å². The first-order chi connectivity index (χ1) is 12.3. The highest BCUT2D eigenvalue weighted by atomic mass is 127. The first-order valence-electron chi connectivity index (χ1n) is 9.61. The van der Waals surface area contributed by atoms with Crippen molar-refractivity contribution >= 4 is 35.6 Å². The van der Waals surface area contributed by atoms with Gasteiger partial charge in [-0.05, 0) is 37.3 Å². The zero-order valence-corrected chi connectivity index (χ0v) is 18.0. The summed E-state index contributed by atoms with van der Waals surface area (Å²) < 4.78 is 5.65. The number of likely N-dealkylation sites (tertiary alicyclic amines) is 1. The summed E-state index contributed by atoms with van der Waals surface area (Å²) >= 11 is 0.